The van der Waals surface area contributed by atoms with Gasteiger partial charge in [0.05, 0.1) is 0 Å². The maximum Gasteiger partial charge on any atom is 0.446 e. The molecule has 0 spiro atoms. The molecule has 0 aromatic rings. The van der Waals surface area contributed by atoms with Gasteiger partial charge >= 0.3 is 5.51 Å². The van der Waals surface area contributed by atoms with Crippen molar-refractivity contribution in [3.05, 3.63) is 23.1 Å². The van der Waals surface area contributed by atoms with Crippen LogP contribution in [0.1, 0.15) is 6.42 Å². The van der Waals surface area contributed by atoms with Crippen molar-refractivity contribution in [2.45, 2.75) is 11.9 Å². The quantitative estimate of drug-likeness (QED) is 0.576. The van der Waals surface area contributed by atoms with Crippen LogP contribution in [0.15, 0.2) is 23.1 Å². The highest BCUT2D eigenvalue weighted by Gasteiger charge is 2.30. The molecule has 1 rings (SSSR count). The zero-order valence-electron chi connectivity index (χ0n) is 4.98. The van der Waals surface area contributed by atoms with E-state index in [4.69, 9.17) is 0 Å². The summed E-state index contributed by atoms with van der Waals surface area (Å²) in [7, 11) is 0. The van der Waals surface area contributed by atoms with Crippen LogP contribution in [0, 0.1) is 0 Å². The number of rotatable bonds is 1. The van der Waals surface area contributed by atoms with E-state index in [1.165, 1.54) is 6.08 Å². The Kier molecular flexibility index (Phi) is 2.08. The monoisotopic (exact) mass is 166 g/mol. The Hall–Kier alpha value is -0.380. The number of hydrogen-bond acceptors (Lipinski definition) is 1. The van der Waals surface area contributed by atoms with Gasteiger partial charge in [0.1, 0.15) is 0 Å². The molecule has 1 aliphatic carbocycles. The molecule has 4 heteroatoms. The Morgan fingerprint density at radius 2 is 2.10 bits per heavy atom. The summed E-state index contributed by atoms with van der Waals surface area (Å²) in [6.07, 6.45) is 5.24. The van der Waals surface area contributed by atoms with Crippen LogP contribution < -0.4 is 0 Å². The van der Waals surface area contributed by atoms with Crippen LogP contribution >= 0.6 is 11.8 Å². The molecule has 0 amide bonds. The summed E-state index contributed by atoms with van der Waals surface area (Å²) in [6.45, 7) is 0. The van der Waals surface area contributed by atoms with Crippen molar-refractivity contribution < 1.29 is 13.2 Å². The van der Waals surface area contributed by atoms with Gasteiger partial charge in [-0.2, -0.15) is 13.2 Å². The SMILES string of the molecule is FC(F)(F)SC1=CC=CC1. The first-order valence-corrected chi connectivity index (χ1v) is 3.51. The van der Waals surface area contributed by atoms with E-state index in [1.54, 1.807) is 12.2 Å². The predicted octanol–water partition coefficient (Wildman–Crippen LogP) is 3.08. The molecule has 0 N–H and O–H groups in total. The summed E-state index contributed by atoms with van der Waals surface area (Å²) < 4.78 is 34.8. The molecule has 0 aliphatic heterocycles. The van der Waals surface area contributed by atoms with Gasteiger partial charge in [0.15, 0.2) is 0 Å². The van der Waals surface area contributed by atoms with E-state index in [2.05, 4.69) is 0 Å². The molecule has 0 fully saturated rings. The average Bonchev–Trinajstić information content (AvgIpc) is 2.12. The molecule has 0 aromatic carbocycles. The molecule has 56 valence electrons. The van der Waals surface area contributed by atoms with Gasteiger partial charge in [-0.15, -0.1) is 0 Å². The number of hydrogen-bond donors (Lipinski definition) is 0. The van der Waals surface area contributed by atoms with E-state index in [-0.39, 0.29) is 11.8 Å². The van der Waals surface area contributed by atoms with Crippen molar-refractivity contribution in [3.8, 4) is 0 Å². The first-order chi connectivity index (χ1) is 4.58. The molecule has 0 nitrogen and oxygen atoms in total. The summed E-state index contributed by atoms with van der Waals surface area (Å²) in [5.74, 6) is 0. The lowest BCUT2D eigenvalue weighted by atomic mass is 10.5. The van der Waals surface area contributed by atoms with E-state index in [0.29, 0.717) is 11.3 Å². The highest BCUT2D eigenvalue weighted by atomic mass is 32.2. The lowest BCUT2D eigenvalue weighted by Crippen LogP contribution is -1.99. The first-order valence-electron chi connectivity index (χ1n) is 2.69. The van der Waals surface area contributed by atoms with Crippen LogP contribution in [0.4, 0.5) is 13.2 Å². The van der Waals surface area contributed by atoms with Crippen LogP contribution in [-0.2, 0) is 0 Å². The van der Waals surface area contributed by atoms with Crippen molar-refractivity contribution in [3.63, 3.8) is 0 Å². The molecule has 0 bridgehead atoms. The van der Waals surface area contributed by atoms with Gasteiger partial charge < -0.3 is 0 Å². The molecule has 0 atom stereocenters. The highest BCUT2D eigenvalue weighted by Crippen LogP contribution is 2.39. The second kappa shape index (κ2) is 2.70. The summed E-state index contributed by atoms with van der Waals surface area (Å²) in [5, 5.41) is 0. The largest absolute Gasteiger partial charge is 0.446 e. The average molecular weight is 166 g/mol. The van der Waals surface area contributed by atoms with Gasteiger partial charge in [0.25, 0.3) is 0 Å². The third kappa shape index (κ3) is 2.47. The Labute approximate surface area is 60.8 Å². The van der Waals surface area contributed by atoms with Crippen molar-refractivity contribution in [1.82, 2.24) is 0 Å². The summed E-state index contributed by atoms with van der Waals surface area (Å²) in [6, 6.07) is 0. The minimum Gasteiger partial charge on any atom is -0.160 e. The zero-order chi connectivity index (χ0) is 7.61. The molecule has 0 unspecified atom stereocenters. The molecule has 0 saturated carbocycles. The van der Waals surface area contributed by atoms with E-state index in [1.807, 2.05) is 0 Å². The topological polar surface area (TPSA) is 0 Å². The highest BCUT2D eigenvalue weighted by molar-refractivity contribution is 8.03. The first kappa shape index (κ1) is 7.72. The maximum absolute atomic E-state index is 11.6. The van der Waals surface area contributed by atoms with Crippen LogP contribution in [0.5, 0.6) is 0 Å². The zero-order valence-corrected chi connectivity index (χ0v) is 5.80. The minimum atomic E-state index is -4.13. The second-order valence-corrected chi connectivity index (χ2v) is 3.00. The summed E-state index contributed by atoms with van der Waals surface area (Å²) >= 11 is -0.0370. The van der Waals surface area contributed by atoms with Gasteiger partial charge in [-0.05, 0) is 23.1 Å². The number of allylic oxidation sites excluding steroid dienone is 4. The minimum absolute atomic E-state index is 0.0370. The van der Waals surface area contributed by atoms with E-state index < -0.39 is 5.51 Å². The lowest BCUT2D eigenvalue weighted by Gasteiger charge is -2.04. The molecule has 0 radical (unpaired) electrons. The van der Waals surface area contributed by atoms with Crippen molar-refractivity contribution in [2.24, 2.45) is 0 Å². The van der Waals surface area contributed by atoms with Crippen LogP contribution in [0.25, 0.3) is 0 Å². The lowest BCUT2D eigenvalue weighted by molar-refractivity contribution is -0.0322. The molecule has 0 aromatic heterocycles. The fraction of sp³-hybridized carbons (Fsp3) is 0.333. The van der Waals surface area contributed by atoms with E-state index >= 15 is 0 Å². The maximum atomic E-state index is 11.6. The molecular weight excluding hydrogens is 161 g/mol. The van der Waals surface area contributed by atoms with Crippen LogP contribution in [-0.4, -0.2) is 5.51 Å². The van der Waals surface area contributed by atoms with Gasteiger partial charge in [0, 0.05) is 0 Å². The smallest absolute Gasteiger partial charge is 0.160 e. The van der Waals surface area contributed by atoms with Crippen LogP contribution in [0.2, 0.25) is 0 Å². The molecule has 0 saturated heterocycles. The normalized spacial score (nSPS) is 17.7. The fourth-order valence-corrected chi connectivity index (χ4v) is 1.28. The second-order valence-electron chi connectivity index (χ2n) is 1.81. The molecular formula is C6H5F3S. The molecule has 10 heavy (non-hydrogen) atoms. The Morgan fingerprint density at radius 1 is 1.40 bits per heavy atom. The third-order valence-corrected chi connectivity index (χ3v) is 1.78. The van der Waals surface area contributed by atoms with Gasteiger partial charge in [-0.3, -0.25) is 0 Å². The Bertz CT molecular complexity index is 178. The van der Waals surface area contributed by atoms with Gasteiger partial charge in [-0.1, -0.05) is 18.2 Å². The van der Waals surface area contributed by atoms with E-state index in [9.17, 15) is 13.2 Å². The fourth-order valence-electron chi connectivity index (χ4n) is 0.652. The summed E-state index contributed by atoms with van der Waals surface area (Å²) in [4.78, 5) is 0.368. The van der Waals surface area contributed by atoms with Gasteiger partial charge in [-0.25, -0.2) is 0 Å². The predicted molar refractivity (Wildman–Crippen MR) is 35.5 cm³/mol. The van der Waals surface area contributed by atoms with Crippen LogP contribution in [0.3, 0.4) is 0 Å². The molecule has 1 aliphatic rings. The van der Waals surface area contributed by atoms with Crippen molar-refractivity contribution in [1.29, 1.82) is 0 Å². The van der Waals surface area contributed by atoms with E-state index in [0.717, 1.165) is 0 Å². The van der Waals surface area contributed by atoms with Crippen molar-refractivity contribution in [2.75, 3.05) is 0 Å². The number of halogens is 3. The standard InChI is InChI=1S/C6H5F3S/c7-6(8,9)10-5-3-1-2-4-5/h1-3H,4H2. The molecule has 0 heterocycles. The Balaban J connectivity index is 2.41. The van der Waals surface area contributed by atoms with Gasteiger partial charge in [0.2, 0.25) is 0 Å². The number of thioether (sulfide) groups is 1. The Morgan fingerprint density at radius 3 is 2.50 bits per heavy atom. The summed E-state index contributed by atoms with van der Waals surface area (Å²) in [5.41, 5.74) is -4.13. The number of alkyl halides is 3. The van der Waals surface area contributed by atoms with Crippen molar-refractivity contribution >= 4 is 11.8 Å². The third-order valence-electron chi connectivity index (χ3n) is 0.984.